The summed E-state index contributed by atoms with van der Waals surface area (Å²) in [6.45, 7) is 1.30. The molecule has 0 aromatic heterocycles. The Bertz CT molecular complexity index is 175. The van der Waals surface area contributed by atoms with E-state index in [1.54, 1.807) is 0 Å². The van der Waals surface area contributed by atoms with E-state index < -0.39 is 0 Å². The number of nitrogens with one attached hydrogen (secondary N) is 2. The van der Waals surface area contributed by atoms with E-state index in [-0.39, 0.29) is 2.85 Å². The smallest absolute Gasteiger partial charge is 0.0653 e. The molecule has 0 radical (unpaired) electrons. The molecule has 0 spiro atoms. The van der Waals surface area contributed by atoms with Crippen LogP contribution in [-0.4, -0.2) is 37.5 Å². The molecule has 4 heteroatoms. The Morgan fingerprint density at radius 2 is 2.00 bits per heavy atom. The van der Waals surface area contributed by atoms with Crippen LogP contribution in [-0.2, 0) is 0 Å². The summed E-state index contributed by atoms with van der Waals surface area (Å²) in [6, 6.07) is 0. The van der Waals surface area contributed by atoms with E-state index in [1.165, 1.54) is 10.8 Å². The molecule has 0 saturated heterocycles. The van der Waals surface area contributed by atoms with E-state index in [2.05, 4.69) is 10.6 Å². The minimum Gasteiger partial charge on any atom is -0.390 e. The summed E-state index contributed by atoms with van der Waals surface area (Å²) >= 11 is 0. The molecule has 0 aromatic rings. The normalized spacial score (nSPS) is 20.3. The van der Waals surface area contributed by atoms with Crippen molar-refractivity contribution in [2.45, 2.75) is 6.42 Å². The lowest BCUT2D eigenvalue weighted by molar-refractivity contribution is -0.0871. The lowest BCUT2D eigenvalue weighted by Crippen LogP contribution is -2.35. The largest absolute Gasteiger partial charge is 0.390 e. The topological polar surface area (TPSA) is 47.5 Å². The van der Waals surface area contributed by atoms with Gasteiger partial charge in [-0.2, -0.15) is 5.06 Å². The van der Waals surface area contributed by atoms with Crippen LogP contribution >= 0.6 is 0 Å². The number of rotatable bonds is 2. The fraction of sp³-hybridized carbons (Fsp3) is 0.714. The van der Waals surface area contributed by atoms with Gasteiger partial charge in [0, 0.05) is 41.3 Å². The molecule has 1 aliphatic heterocycles. The molecule has 0 amide bonds. The molecule has 0 saturated carbocycles. The van der Waals surface area contributed by atoms with Gasteiger partial charge in [0.2, 0.25) is 0 Å². The average Bonchev–Trinajstić information content (AvgIpc) is 2.04. The molecule has 0 aliphatic carbocycles. The van der Waals surface area contributed by atoms with Crippen molar-refractivity contribution in [1.82, 2.24) is 15.7 Å². The maximum absolute atomic E-state index is 9.16. The van der Waals surface area contributed by atoms with Crippen LogP contribution < -0.4 is 10.6 Å². The quantitative estimate of drug-likeness (QED) is 0.542. The van der Waals surface area contributed by atoms with Gasteiger partial charge in [0.05, 0.1) is 6.54 Å². The first-order valence-corrected chi connectivity index (χ1v) is 3.79. The highest BCUT2D eigenvalue weighted by molar-refractivity contribution is 5.14. The molecule has 1 rings (SSSR count). The van der Waals surface area contributed by atoms with Gasteiger partial charge in [0.25, 0.3) is 0 Å². The third-order valence-corrected chi connectivity index (χ3v) is 1.93. The lowest BCUT2D eigenvalue weighted by Gasteiger charge is -2.25. The number of hydrogen-bond acceptors (Lipinski definition) is 4. The predicted molar refractivity (Wildman–Crippen MR) is 47.3 cm³/mol. The molecule has 0 atom stereocenters. The van der Waals surface area contributed by atoms with E-state index in [9.17, 15) is 0 Å². The molecular weight excluding hydrogens is 142 g/mol. The second-order valence-corrected chi connectivity index (χ2v) is 2.60. The summed E-state index contributed by atoms with van der Waals surface area (Å²) in [5.41, 5.74) is 2.26. The second-order valence-electron chi connectivity index (χ2n) is 2.60. The SMILES string of the molecule is CNC1=C(NC)CN(O)CC1.[HH].[HH]. The monoisotopic (exact) mass is 161 g/mol. The molecule has 0 unspecified atom stereocenters. The molecule has 0 fully saturated rings. The fourth-order valence-electron chi connectivity index (χ4n) is 1.25. The van der Waals surface area contributed by atoms with Crippen LogP contribution in [0.5, 0.6) is 0 Å². The molecule has 1 aliphatic rings. The van der Waals surface area contributed by atoms with Gasteiger partial charge in [0.15, 0.2) is 0 Å². The van der Waals surface area contributed by atoms with Gasteiger partial charge in [0.1, 0.15) is 0 Å². The van der Waals surface area contributed by atoms with Gasteiger partial charge in [-0.15, -0.1) is 0 Å². The van der Waals surface area contributed by atoms with Crippen LogP contribution in [0.4, 0.5) is 0 Å². The van der Waals surface area contributed by atoms with Gasteiger partial charge in [-0.1, -0.05) is 0 Å². The maximum Gasteiger partial charge on any atom is 0.0653 e. The lowest BCUT2D eigenvalue weighted by atomic mass is 10.2. The minimum atomic E-state index is 0. The van der Waals surface area contributed by atoms with Gasteiger partial charge in [-0.05, 0) is 0 Å². The Balaban J connectivity index is 0. The van der Waals surface area contributed by atoms with Crippen molar-refractivity contribution in [3.63, 3.8) is 0 Å². The van der Waals surface area contributed by atoms with E-state index in [0.717, 1.165) is 12.1 Å². The van der Waals surface area contributed by atoms with Crippen LogP contribution in [0.25, 0.3) is 0 Å². The molecule has 11 heavy (non-hydrogen) atoms. The summed E-state index contributed by atoms with van der Waals surface area (Å²) < 4.78 is 0. The Kier molecular flexibility index (Phi) is 2.73. The zero-order valence-electron chi connectivity index (χ0n) is 7.02. The van der Waals surface area contributed by atoms with Crippen molar-refractivity contribution >= 4 is 0 Å². The standard InChI is InChI=1S/C7H15N3O.2H2/c1-8-6-3-4-10(11)5-7(6)9-2;;/h8-9,11H,3-5H2,1-2H3;2*1H. The number of hydroxylamine groups is 2. The van der Waals surface area contributed by atoms with Gasteiger partial charge < -0.3 is 15.8 Å². The first-order chi connectivity index (χ1) is 5.27. The highest BCUT2D eigenvalue weighted by atomic mass is 16.5. The Hall–Kier alpha value is -0.740. The highest BCUT2D eigenvalue weighted by Gasteiger charge is 2.14. The van der Waals surface area contributed by atoms with Crippen molar-refractivity contribution < 1.29 is 8.06 Å². The van der Waals surface area contributed by atoms with Crippen LogP contribution in [0, 0.1) is 0 Å². The predicted octanol–water partition coefficient (Wildman–Crippen LogP) is 0.224. The van der Waals surface area contributed by atoms with E-state index >= 15 is 0 Å². The molecular formula is C7H19N3O. The van der Waals surface area contributed by atoms with Crippen molar-refractivity contribution in [3.05, 3.63) is 11.4 Å². The number of nitrogens with zero attached hydrogens (tertiary/aromatic N) is 1. The first kappa shape index (κ1) is 8.36. The van der Waals surface area contributed by atoms with Gasteiger partial charge in [-0.3, -0.25) is 0 Å². The van der Waals surface area contributed by atoms with E-state index in [0.29, 0.717) is 13.1 Å². The van der Waals surface area contributed by atoms with Crippen LogP contribution in [0.1, 0.15) is 9.27 Å². The Morgan fingerprint density at radius 3 is 2.55 bits per heavy atom. The summed E-state index contributed by atoms with van der Waals surface area (Å²) in [7, 11) is 3.77. The van der Waals surface area contributed by atoms with Gasteiger partial charge in [-0.25, -0.2) is 0 Å². The first-order valence-electron chi connectivity index (χ1n) is 3.79. The van der Waals surface area contributed by atoms with Crippen molar-refractivity contribution in [2.75, 3.05) is 27.2 Å². The molecule has 68 valence electrons. The van der Waals surface area contributed by atoms with E-state index in [4.69, 9.17) is 5.21 Å². The molecule has 0 bridgehead atoms. The molecule has 3 N–H and O–H groups in total. The number of likely N-dealkylation sites (N-methyl/N-ethyl adjacent to an activating group) is 1. The maximum atomic E-state index is 9.16. The summed E-state index contributed by atoms with van der Waals surface area (Å²) in [5, 5.41) is 16.6. The molecule has 1 heterocycles. The fourth-order valence-corrected chi connectivity index (χ4v) is 1.25. The third-order valence-electron chi connectivity index (χ3n) is 1.93. The minimum absolute atomic E-state index is 0. The van der Waals surface area contributed by atoms with Crippen LogP contribution in [0.3, 0.4) is 0 Å². The molecule has 4 nitrogen and oxygen atoms in total. The van der Waals surface area contributed by atoms with Crippen molar-refractivity contribution in [1.29, 1.82) is 0 Å². The summed E-state index contributed by atoms with van der Waals surface area (Å²) in [5.74, 6) is 0. The van der Waals surface area contributed by atoms with Crippen LogP contribution in [0.2, 0.25) is 0 Å². The van der Waals surface area contributed by atoms with E-state index in [1.807, 2.05) is 14.1 Å². The number of hydrogen-bond donors (Lipinski definition) is 3. The van der Waals surface area contributed by atoms with Crippen LogP contribution in [0.15, 0.2) is 11.4 Å². The second kappa shape index (κ2) is 3.59. The summed E-state index contributed by atoms with van der Waals surface area (Å²) in [6.07, 6.45) is 0.878. The van der Waals surface area contributed by atoms with Crippen molar-refractivity contribution in [3.8, 4) is 0 Å². The zero-order valence-corrected chi connectivity index (χ0v) is 7.02. The third kappa shape index (κ3) is 1.85. The Labute approximate surface area is 69.8 Å². The van der Waals surface area contributed by atoms with Crippen molar-refractivity contribution in [2.24, 2.45) is 0 Å². The Morgan fingerprint density at radius 1 is 1.36 bits per heavy atom. The highest BCUT2D eigenvalue weighted by Crippen LogP contribution is 2.10. The van der Waals surface area contributed by atoms with Gasteiger partial charge >= 0.3 is 0 Å². The average molecular weight is 161 g/mol. The molecule has 0 aromatic carbocycles. The summed E-state index contributed by atoms with van der Waals surface area (Å²) in [4.78, 5) is 0. The zero-order chi connectivity index (χ0) is 8.27.